The molecule has 2 bridgehead atoms. The van der Waals surface area contributed by atoms with Gasteiger partial charge in [-0.3, -0.25) is 14.4 Å². The van der Waals surface area contributed by atoms with E-state index in [-0.39, 0.29) is 23.8 Å². The van der Waals surface area contributed by atoms with Gasteiger partial charge in [-0.05, 0) is 44.4 Å². The van der Waals surface area contributed by atoms with Gasteiger partial charge in [0.2, 0.25) is 5.43 Å². The minimum absolute atomic E-state index is 0.161. The number of rotatable bonds is 4. The van der Waals surface area contributed by atoms with Crippen molar-refractivity contribution in [3.63, 3.8) is 0 Å². The lowest BCUT2D eigenvalue weighted by molar-refractivity contribution is -0.155. The highest BCUT2D eigenvalue weighted by molar-refractivity contribution is 8.00. The zero-order valence-electron chi connectivity index (χ0n) is 20.5. The van der Waals surface area contributed by atoms with Gasteiger partial charge in [-0.25, -0.2) is 8.78 Å². The summed E-state index contributed by atoms with van der Waals surface area (Å²) >= 11 is 1.53. The molecule has 37 heavy (non-hydrogen) atoms. The zero-order chi connectivity index (χ0) is 26.6. The molecule has 4 heterocycles. The summed E-state index contributed by atoms with van der Waals surface area (Å²) in [6.45, 7) is 3.18. The van der Waals surface area contributed by atoms with Crippen LogP contribution in [-0.2, 0) is 16.0 Å². The van der Waals surface area contributed by atoms with E-state index < -0.39 is 64.0 Å². The van der Waals surface area contributed by atoms with Crippen molar-refractivity contribution in [2.75, 3.05) is 19.4 Å². The van der Waals surface area contributed by atoms with Crippen molar-refractivity contribution in [1.29, 1.82) is 0 Å². The van der Waals surface area contributed by atoms with Gasteiger partial charge in [0.05, 0.1) is 6.04 Å². The Morgan fingerprint density at radius 1 is 1.32 bits per heavy atom. The van der Waals surface area contributed by atoms with Crippen LogP contribution in [0.4, 0.5) is 8.78 Å². The summed E-state index contributed by atoms with van der Waals surface area (Å²) in [7, 11) is 1.54. The Morgan fingerprint density at radius 3 is 2.68 bits per heavy atom. The second-order valence-corrected chi connectivity index (χ2v) is 10.9. The standard InChI is InChI=1S/C25H27F2N3O6S/c1-12-6-16(26)14(17(27)7-12)8-28-23(33)15-9-30-18-10-29(24(34)20(30)22(32)21(15)31)13(2)4-5-25(18)36-19(35-3)11-37-25/h6-7,9,13,18-19,32H,4-5,8,10-11H2,1-3H3,(H,28,33)/t13-,18+,19+,25+/m0/s1. The highest BCUT2D eigenvalue weighted by Gasteiger charge is 2.54. The van der Waals surface area contributed by atoms with Crippen LogP contribution in [0.1, 0.15) is 57.8 Å². The third-order valence-corrected chi connectivity index (χ3v) is 8.84. The first-order chi connectivity index (χ1) is 17.6. The largest absolute Gasteiger partial charge is 0.503 e. The smallest absolute Gasteiger partial charge is 0.274 e. The fourth-order valence-electron chi connectivity index (χ4n) is 5.28. The van der Waals surface area contributed by atoms with Crippen LogP contribution in [0.25, 0.3) is 0 Å². The normalized spacial score (nSPS) is 26.8. The number of hydrogen-bond acceptors (Lipinski definition) is 7. The number of aryl methyl sites for hydroxylation is 1. The molecule has 0 radical (unpaired) electrons. The molecule has 2 aromatic rings. The molecule has 0 aliphatic carbocycles. The minimum atomic E-state index is -1.04. The average Bonchev–Trinajstić information content (AvgIpc) is 3.23. The number of thioether (sulfide) groups is 1. The minimum Gasteiger partial charge on any atom is -0.503 e. The number of methoxy groups -OCH3 is 1. The van der Waals surface area contributed by atoms with Gasteiger partial charge in [0.25, 0.3) is 11.8 Å². The number of nitrogens with one attached hydrogen (secondary N) is 1. The van der Waals surface area contributed by atoms with Gasteiger partial charge in [-0.1, -0.05) is 0 Å². The van der Waals surface area contributed by atoms with E-state index in [0.717, 1.165) is 12.1 Å². The number of pyridine rings is 1. The zero-order valence-corrected chi connectivity index (χ0v) is 21.4. The van der Waals surface area contributed by atoms with Gasteiger partial charge >= 0.3 is 0 Å². The molecule has 0 unspecified atom stereocenters. The number of aromatic nitrogens is 1. The highest BCUT2D eigenvalue weighted by Crippen LogP contribution is 2.52. The quantitative estimate of drug-likeness (QED) is 0.620. The van der Waals surface area contributed by atoms with Crippen molar-refractivity contribution in [3.05, 3.63) is 62.6 Å². The summed E-state index contributed by atoms with van der Waals surface area (Å²) in [5, 5.41) is 13.2. The van der Waals surface area contributed by atoms with Crippen molar-refractivity contribution in [1.82, 2.24) is 14.8 Å². The molecule has 9 nitrogen and oxygen atoms in total. The lowest BCUT2D eigenvalue weighted by atomic mass is 10.0. The lowest BCUT2D eigenvalue weighted by Crippen LogP contribution is -2.51. The molecule has 2 fully saturated rings. The Morgan fingerprint density at radius 2 is 2.03 bits per heavy atom. The summed E-state index contributed by atoms with van der Waals surface area (Å²) in [6, 6.07) is 1.59. The molecular weight excluding hydrogens is 508 g/mol. The molecule has 1 aromatic heterocycles. The Balaban J connectivity index is 1.55. The average molecular weight is 536 g/mol. The first-order valence-electron chi connectivity index (χ1n) is 11.9. The first-order valence-corrected chi connectivity index (χ1v) is 12.9. The Labute approximate surface area is 215 Å². The fourth-order valence-corrected chi connectivity index (χ4v) is 6.72. The van der Waals surface area contributed by atoms with E-state index in [2.05, 4.69) is 5.32 Å². The Kier molecular flexibility index (Phi) is 6.53. The maximum absolute atomic E-state index is 14.3. The van der Waals surface area contributed by atoms with Crippen LogP contribution < -0.4 is 10.7 Å². The molecule has 2 saturated heterocycles. The molecule has 4 atom stereocenters. The van der Waals surface area contributed by atoms with E-state index in [1.54, 1.807) is 12.0 Å². The van der Waals surface area contributed by atoms with Crippen LogP contribution in [0.2, 0.25) is 0 Å². The number of benzene rings is 1. The van der Waals surface area contributed by atoms with Crippen molar-refractivity contribution in [2.45, 2.75) is 56.5 Å². The van der Waals surface area contributed by atoms with Gasteiger partial charge in [-0.15, -0.1) is 11.8 Å². The fraction of sp³-hybridized carbons (Fsp3) is 0.480. The number of hydrogen-bond donors (Lipinski definition) is 2. The molecule has 198 valence electrons. The van der Waals surface area contributed by atoms with Gasteiger partial charge < -0.3 is 29.4 Å². The maximum Gasteiger partial charge on any atom is 0.274 e. The third kappa shape index (κ3) is 4.20. The summed E-state index contributed by atoms with van der Waals surface area (Å²) < 4.78 is 41.6. The molecule has 2 N–H and O–H groups in total. The maximum atomic E-state index is 14.3. The van der Waals surface area contributed by atoms with Crippen LogP contribution in [0, 0.1) is 18.6 Å². The van der Waals surface area contributed by atoms with E-state index >= 15 is 0 Å². The van der Waals surface area contributed by atoms with Gasteiger partial charge in [-0.2, -0.15) is 0 Å². The van der Waals surface area contributed by atoms with Crippen molar-refractivity contribution >= 4 is 23.6 Å². The summed E-state index contributed by atoms with van der Waals surface area (Å²) in [6.07, 6.45) is 1.97. The van der Waals surface area contributed by atoms with E-state index in [1.165, 1.54) is 29.4 Å². The second-order valence-electron chi connectivity index (χ2n) is 9.63. The number of nitrogens with zero attached hydrogens (tertiary/aromatic N) is 2. The predicted molar refractivity (Wildman–Crippen MR) is 130 cm³/mol. The number of halogens is 2. The van der Waals surface area contributed by atoms with Crippen LogP contribution in [0.5, 0.6) is 5.75 Å². The summed E-state index contributed by atoms with van der Waals surface area (Å²) in [4.78, 5) is 40.2. The summed E-state index contributed by atoms with van der Waals surface area (Å²) in [5.41, 5.74) is -1.68. The van der Waals surface area contributed by atoms with Crippen LogP contribution >= 0.6 is 11.8 Å². The molecule has 1 aromatic carbocycles. The molecule has 2 amide bonds. The second kappa shape index (κ2) is 9.41. The summed E-state index contributed by atoms with van der Waals surface area (Å²) in [5.74, 6) is -3.40. The molecule has 1 spiro atoms. The Hall–Kier alpha value is -2.96. The highest BCUT2D eigenvalue weighted by atomic mass is 32.2. The number of carbonyl (C=O) groups is 2. The molecule has 0 saturated carbocycles. The molecule has 12 heteroatoms. The van der Waals surface area contributed by atoms with Gasteiger partial charge in [0.15, 0.2) is 17.7 Å². The third-order valence-electron chi connectivity index (χ3n) is 7.34. The SMILES string of the molecule is CO[C@H]1CS[C@@]2(CC[C@H](C)N3C[C@H]2n2cc(C(=O)NCc4c(F)cc(C)cc4F)c(=O)c(O)c2C3=O)O1. The van der Waals surface area contributed by atoms with E-state index in [9.17, 15) is 28.3 Å². The molecular formula is C25H27F2N3O6S. The lowest BCUT2D eigenvalue weighted by Gasteiger charge is -2.42. The molecule has 3 aliphatic heterocycles. The molecule has 3 aliphatic rings. The number of fused-ring (bicyclic) bond motifs is 5. The van der Waals surface area contributed by atoms with Gasteiger partial charge in [0.1, 0.15) is 22.1 Å². The first kappa shape index (κ1) is 25.7. The molecule has 5 rings (SSSR count). The van der Waals surface area contributed by atoms with E-state index in [4.69, 9.17) is 9.47 Å². The predicted octanol–water partition coefficient (Wildman–Crippen LogP) is 2.68. The number of carbonyl (C=O) groups excluding carboxylic acids is 2. The van der Waals surface area contributed by atoms with Crippen LogP contribution in [0.15, 0.2) is 23.1 Å². The number of amides is 2. The monoisotopic (exact) mass is 535 g/mol. The number of aromatic hydroxyl groups is 1. The van der Waals surface area contributed by atoms with Crippen molar-refractivity contribution < 1.29 is 33.0 Å². The topological polar surface area (TPSA) is 110 Å². The van der Waals surface area contributed by atoms with Crippen LogP contribution in [0.3, 0.4) is 0 Å². The van der Waals surface area contributed by atoms with E-state index in [0.29, 0.717) is 24.2 Å². The van der Waals surface area contributed by atoms with Crippen molar-refractivity contribution in [3.8, 4) is 5.75 Å². The van der Waals surface area contributed by atoms with Crippen molar-refractivity contribution in [2.24, 2.45) is 0 Å². The van der Waals surface area contributed by atoms with E-state index in [1.807, 2.05) is 6.92 Å². The Bertz CT molecular complexity index is 1330. The van der Waals surface area contributed by atoms with Gasteiger partial charge in [0, 0.05) is 43.8 Å². The van der Waals surface area contributed by atoms with Crippen LogP contribution in [-0.4, -0.2) is 63.1 Å². The number of ether oxygens (including phenoxy) is 2.